The van der Waals surface area contributed by atoms with Gasteiger partial charge >= 0.3 is 0 Å². The van der Waals surface area contributed by atoms with Crippen molar-refractivity contribution < 1.29 is 19.4 Å². The van der Waals surface area contributed by atoms with E-state index in [0.717, 1.165) is 42.3 Å². The zero-order valence-electron chi connectivity index (χ0n) is 19.8. The van der Waals surface area contributed by atoms with Crippen LogP contribution in [0.5, 0.6) is 5.75 Å². The Morgan fingerprint density at radius 1 is 1.29 bits per heavy atom. The maximum atomic E-state index is 13.3. The third kappa shape index (κ3) is 4.05. The number of hydrogen-bond acceptors (Lipinski definition) is 5. The zero-order chi connectivity index (χ0) is 22.4. The number of carbonyl (C=O) groups is 1. The Hall–Kier alpha value is -1.43. The number of aryl methyl sites for hydroxylation is 1. The molecule has 4 atom stereocenters. The van der Waals surface area contributed by atoms with Crippen LogP contribution in [-0.2, 0) is 14.9 Å². The average molecular weight is 430 g/mol. The molecule has 1 aromatic rings. The predicted octanol–water partition coefficient (Wildman–Crippen LogP) is 3.88. The smallest absolute Gasteiger partial charge is 0.162 e. The van der Waals surface area contributed by atoms with Crippen molar-refractivity contribution in [2.24, 2.45) is 11.8 Å². The molecule has 4 unspecified atom stereocenters. The highest BCUT2D eigenvalue weighted by Crippen LogP contribution is 2.55. The van der Waals surface area contributed by atoms with Crippen LogP contribution in [0.2, 0.25) is 0 Å². The molecule has 0 aromatic heterocycles. The lowest BCUT2D eigenvalue weighted by molar-refractivity contribution is -0.188. The van der Waals surface area contributed by atoms with Crippen LogP contribution in [0, 0.1) is 18.8 Å². The van der Waals surface area contributed by atoms with E-state index < -0.39 is 17.1 Å². The van der Waals surface area contributed by atoms with Gasteiger partial charge in [-0.05, 0) is 74.8 Å². The minimum Gasteiger partial charge on any atom is -0.497 e. The van der Waals surface area contributed by atoms with E-state index >= 15 is 0 Å². The van der Waals surface area contributed by atoms with E-state index in [1.807, 2.05) is 12.1 Å². The number of ether oxygens (including phenoxy) is 2. The van der Waals surface area contributed by atoms with Gasteiger partial charge in [0.2, 0.25) is 0 Å². The fourth-order valence-corrected chi connectivity index (χ4v) is 5.91. The number of Topliss-reactive ketones (excluding diaryl/α,β-unsaturated/α-hetero) is 1. The van der Waals surface area contributed by atoms with Crippen LogP contribution in [-0.4, -0.2) is 60.3 Å². The van der Waals surface area contributed by atoms with Gasteiger partial charge in [-0.25, -0.2) is 0 Å². The van der Waals surface area contributed by atoms with Gasteiger partial charge in [-0.15, -0.1) is 0 Å². The first-order chi connectivity index (χ1) is 14.7. The molecule has 1 saturated heterocycles. The second kappa shape index (κ2) is 8.49. The number of hydrogen-bond donors (Lipinski definition) is 1. The van der Waals surface area contributed by atoms with Gasteiger partial charge in [0.25, 0.3) is 0 Å². The number of likely N-dealkylation sites (tertiary alicyclic amines) is 1. The summed E-state index contributed by atoms with van der Waals surface area (Å²) in [6.07, 6.45) is 3.51. The fourth-order valence-electron chi connectivity index (χ4n) is 5.91. The highest BCUT2D eigenvalue weighted by atomic mass is 16.5. The number of fused-ring (bicyclic) bond motifs is 1. The quantitative estimate of drug-likeness (QED) is 0.713. The van der Waals surface area contributed by atoms with Gasteiger partial charge in [0.15, 0.2) is 5.78 Å². The van der Waals surface area contributed by atoms with Crippen LogP contribution in [0.4, 0.5) is 0 Å². The van der Waals surface area contributed by atoms with E-state index in [1.165, 1.54) is 12.8 Å². The van der Waals surface area contributed by atoms with Crippen LogP contribution in [0.3, 0.4) is 0 Å². The summed E-state index contributed by atoms with van der Waals surface area (Å²) in [7, 11) is 1.67. The molecule has 0 spiro atoms. The van der Waals surface area contributed by atoms with Gasteiger partial charge < -0.3 is 14.6 Å². The van der Waals surface area contributed by atoms with Crippen LogP contribution in [0.15, 0.2) is 18.2 Å². The summed E-state index contributed by atoms with van der Waals surface area (Å²) in [6.45, 7) is 10.9. The van der Waals surface area contributed by atoms with Crippen molar-refractivity contribution in [3.8, 4) is 5.75 Å². The molecule has 31 heavy (non-hydrogen) atoms. The second-order valence-corrected chi connectivity index (χ2v) is 10.6. The standard InChI is InChI=1S/C26H39NO4/c1-17(2)16-31-24-14-26(29)19(4)27(15-20-7-8-20)11-10-25(26,13-23(24)28)22-12-21(30-5)9-6-18(22)3/h6,9,12,17,19-20,24,29H,7-8,10-11,13-16H2,1-5H3. The number of benzene rings is 1. The molecule has 0 radical (unpaired) electrons. The van der Waals surface area contributed by atoms with Crippen molar-refractivity contribution in [1.29, 1.82) is 0 Å². The van der Waals surface area contributed by atoms with Gasteiger partial charge in [0.1, 0.15) is 11.9 Å². The molecule has 2 aliphatic carbocycles. The predicted molar refractivity (Wildman–Crippen MR) is 122 cm³/mol. The van der Waals surface area contributed by atoms with E-state index in [4.69, 9.17) is 9.47 Å². The summed E-state index contributed by atoms with van der Waals surface area (Å²) in [6, 6.07) is 6.02. The first-order valence-corrected chi connectivity index (χ1v) is 12.0. The molecule has 0 bridgehead atoms. The van der Waals surface area contributed by atoms with Crippen LogP contribution < -0.4 is 4.74 Å². The van der Waals surface area contributed by atoms with Crippen molar-refractivity contribution in [1.82, 2.24) is 4.90 Å². The Morgan fingerprint density at radius 2 is 2.03 bits per heavy atom. The molecular weight excluding hydrogens is 390 g/mol. The van der Waals surface area contributed by atoms with E-state index in [0.29, 0.717) is 25.4 Å². The Bertz CT molecular complexity index is 820. The highest BCUT2D eigenvalue weighted by Gasteiger charge is 2.63. The summed E-state index contributed by atoms with van der Waals surface area (Å²) >= 11 is 0. The maximum absolute atomic E-state index is 13.3. The van der Waals surface area contributed by atoms with E-state index in [2.05, 4.69) is 38.7 Å². The molecule has 5 nitrogen and oxygen atoms in total. The molecule has 172 valence electrons. The molecule has 1 aromatic carbocycles. The summed E-state index contributed by atoms with van der Waals surface area (Å²) in [5.74, 6) is 2.01. The summed E-state index contributed by atoms with van der Waals surface area (Å²) in [5, 5.41) is 12.5. The van der Waals surface area contributed by atoms with E-state index in [-0.39, 0.29) is 11.8 Å². The molecule has 1 heterocycles. The Kier molecular flexibility index (Phi) is 6.23. The maximum Gasteiger partial charge on any atom is 0.162 e. The number of ketones is 1. The lowest BCUT2D eigenvalue weighted by Crippen LogP contribution is -2.72. The summed E-state index contributed by atoms with van der Waals surface area (Å²) in [5.41, 5.74) is 0.520. The molecule has 5 heteroatoms. The third-order valence-electron chi connectivity index (χ3n) is 8.01. The molecule has 0 amide bonds. The second-order valence-electron chi connectivity index (χ2n) is 10.6. The number of rotatable bonds is 7. The number of aliphatic hydroxyl groups is 1. The Labute approximate surface area is 187 Å². The Morgan fingerprint density at radius 3 is 2.68 bits per heavy atom. The molecule has 2 saturated carbocycles. The first-order valence-electron chi connectivity index (χ1n) is 12.0. The molecular formula is C26H39NO4. The van der Waals surface area contributed by atoms with Gasteiger partial charge in [0, 0.05) is 37.5 Å². The monoisotopic (exact) mass is 429 g/mol. The summed E-state index contributed by atoms with van der Waals surface area (Å²) in [4.78, 5) is 15.8. The average Bonchev–Trinajstić information content (AvgIpc) is 3.55. The van der Waals surface area contributed by atoms with Crippen molar-refractivity contribution in [2.75, 3.05) is 26.8 Å². The number of methoxy groups -OCH3 is 1. The molecule has 3 aliphatic rings. The normalized spacial score (nSPS) is 34.1. The zero-order valence-corrected chi connectivity index (χ0v) is 19.8. The largest absolute Gasteiger partial charge is 0.497 e. The molecule has 4 rings (SSSR count). The minimum absolute atomic E-state index is 0.0364. The summed E-state index contributed by atoms with van der Waals surface area (Å²) < 4.78 is 11.6. The molecule has 3 fully saturated rings. The van der Waals surface area contributed by atoms with Crippen LogP contribution >= 0.6 is 0 Å². The third-order valence-corrected chi connectivity index (χ3v) is 8.01. The van der Waals surface area contributed by atoms with Crippen molar-refractivity contribution in [2.45, 2.75) is 83.0 Å². The number of nitrogens with zero attached hydrogens (tertiary/aromatic N) is 1. The van der Waals surface area contributed by atoms with Gasteiger partial charge in [0.05, 0.1) is 12.7 Å². The first kappa shape index (κ1) is 22.8. The fraction of sp³-hybridized carbons (Fsp3) is 0.731. The van der Waals surface area contributed by atoms with Gasteiger partial charge in [-0.3, -0.25) is 9.69 Å². The highest BCUT2D eigenvalue weighted by molar-refractivity contribution is 5.86. The van der Waals surface area contributed by atoms with Gasteiger partial charge in [-0.1, -0.05) is 19.9 Å². The van der Waals surface area contributed by atoms with Crippen molar-refractivity contribution in [3.05, 3.63) is 29.3 Å². The topological polar surface area (TPSA) is 59.0 Å². The number of carbonyl (C=O) groups excluding carboxylic acids is 1. The minimum atomic E-state index is -1.03. The van der Waals surface area contributed by atoms with E-state index in [9.17, 15) is 9.90 Å². The van der Waals surface area contributed by atoms with Crippen LogP contribution in [0.25, 0.3) is 0 Å². The molecule has 1 N–H and O–H groups in total. The van der Waals surface area contributed by atoms with Gasteiger partial charge in [-0.2, -0.15) is 0 Å². The lowest BCUT2D eigenvalue weighted by Gasteiger charge is -2.61. The number of piperidine rings is 1. The van der Waals surface area contributed by atoms with Crippen molar-refractivity contribution in [3.63, 3.8) is 0 Å². The van der Waals surface area contributed by atoms with Crippen LogP contribution in [0.1, 0.15) is 64.0 Å². The SMILES string of the molecule is COc1ccc(C)c(C23CCN(CC4CC4)C(C)C2(O)CC(OCC(C)C)C(=O)C3)c1. The van der Waals surface area contributed by atoms with Crippen molar-refractivity contribution >= 4 is 5.78 Å². The molecule has 1 aliphatic heterocycles. The van der Waals surface area contributed by atoms with E-state index in [1.54, 1.807) is 7.11 Å². The lowest BCUT2D eigenvalue weighted by atomic mass is 9.52. The Balaban J connectivity index is 1.75.